The van der Waals surface area contributed by atoms with Crippen molar-refractivity contribution in [1.29, 1.82) is 0 Å². The van der Waals surface area contributed by atoms with Crippen molar-refractivity contribution in [3.05, 3.63) is 151 Å². The minimum absolute atomic E-state index is 0.108. The van der Waals surface area contributed by atoms with Gasteiger partial charge in [0, 0.05) is 11.6 Å². The quantitative estimate of drug-likeness (QED) is 0.114. The fourth-order valence-electron chi connectivity index (χ4n) is 5.63. The van der Waals surface area contributed by atoms with Crippen molar-refractivity contribution in [2.24, 2.45) is 5.92 Å². The molecule has 0 saturated heterocycles. The molecule has 5 nitrogen and oxygen atoms in total. The largest absolute Gasteiger partial charge is 0.935 e. The van der Waals surface area contributed by atoms with Gasteiger partial charge in [-0.3, -0.25) is 0 Å². The van der Waals surface area contributed by atoms with Crippen LogP contribution in [0.5, 0.6) is 11.5 Å². The number of hydrogen-bond acceptors (Lipinski definition) is 5. The maximum absolute atomic E-state index is 15.8. The van der Waals surface area contributed by atoms with Crippen molar-refractivity contribution in [3.63, 3.8) is 0 Å². The van der Waals surface area contributed by atoms with Crippen LogP contribution in [0.3, 0.4) is 0 Å². The molecule has 0 amide bonds. The predicted octanol–water partition coefficient (Wildman–Crippen LogP) is 14.1. The summed E-state index contributed by atoms with van der Waals surface area (Å²) < 4.78 is 50.0. The number of allylic oxidation sites excluding steroid dienone is 7. The molecule has 1 aromatic heterocycles. The van der Waals surface area contributed by atoms with E-state index >= 15 is 8.63 Å². The molecule has 1 aliphatic heterocycles. The Morgan fingerprint density at radius 1 is 0.893 bits per heavy atom. The van der Waals surface area contributed by atoms with Crippen molar-refractivity contribution in [1.82, 2.24) is 4.98 Å². The standard InChI is InChI=1S/C42H35BCl4F2N2O3S2/c1-24(2)25(3)23-54-38(36-21-30(26-13-17-28(52-4)18-14-26)41(50-36)55-39-34(46)11-8-12-35(39)47)37-22-31(27-15-19-29(53-5)20-16-27)42(51(37)43(48)49)56-40-32(44)9-6-7-10-33(40)45/h6,8-24H,7H2,1-5H3/p+1/b25-23-. The van der Waals surface area contributed by atoms with Gasteiger partial charge < -0.3 is 19.2 Å². The van der Waals surface area contributed by atoms with Crippen LogP contribution >= 0.6 is 69.9 Å². The Kier molecular flexibility index (Phi) is 13.9. The summed E-state index contributed by atoms with van der Waals surface area (Å²) in [6.07, 6.45) is 9.23. The second-order valence-electron chi connectivity index (χ2n) is 12.9. The normalized spacial score (nSPS) is 15.6. The van der Waals surface area contributed by atoms with Crippen molar-refractivity contribution >= 4 is 93.7 Å². The number of rotatable bonds is 12. The van der Waals surface area contributed by atoms with Gasteiger partial charge in [-0.15, -0.1) is 0 Å². The first-order chi connectivity index (χ1) is 26.9. The van der Waals surface area contributed by atoms with Gasteiger partial charge >= 0.3 is 7.40 Å². The average molecular weight is 872 g/mol. The van der Waals surface area contributed by atoms with Gasteiger partial charge in [0.2, 0.25) is 16.5 Å². The van der Waals surface area contributed by atoms with E-state index in [0.717, 1.165) is 32.9 Å². The Morgan fingerprint density at radius 2 is 1.52 bits per heavy atom. The van der Waals surface area contributed by atoms with E-state index in [4.69, 9.17) is 60.6 Å². The van der Waals surface area contributed by atoms with E-state index in [-0.39, 0.29) is 22.4 Å². The number of aromatic amines is 1. The zero-order valence-electron chi connectivity index (χ0n) is 30.9. The third-order valence-electron chi connectivity index (χ3n) is 8.97. The summed E-state index contributed by atoms with van der Waals surface area (Å²) in [5.74, 6) is 1.57. The number of thioether (sulfide) groups is 1. The van der Waals surface area contributed by atoms with Crippen LogP contribution in [0.4, 0.5) is 8.63 Å². The van der Waals surface area contributed by atoms with Crippen LogP contribution in [0, 0.1) is 5.92 Å². The van der Waals surface area contributed by atoms with Gasteiger partial charge in [-0.2, -0.15) is 0 Å². The molecule has 4 aromatic rings. The lowest BCUT2D eigenvalue weighted by molar-refractivity contribution is -0.339. The molecule has 1 aliphatic carbocycles. The first kappa shape index (κ1) is 41.9. The molecule has 0 bridgehead atoms. The molecule has 56 heavy (non-hydrogen) atoms. The lowest BCUT2D eigenvalue weighted by atomic mass is 10.1. The van der Waals surface area contributed by atoms with Crippen LogP contribution in [0.2, 0.25) is 10.0 Å². The van der Waals surface area contributed by atoms with Crippen LogP contribution < -0.4 is 9.47 Å². The zero-order chi connectivity index (χ0) is 40.1. The Labute approximate surface area is 354 Å². The second-order valence-corrected chi connectivity index (χ2v) is 16.5. The summed E-state index contributed by atoms with van der Waals surface area (Å²) in [4.78, 5) is 4.56. The summed E-state index contributed by atoms with van der Waals surface area (Å²) in [5, 5.41) is 2.48. The van der Waals surface area contributed by atoms with Crippen LogP contribution in [0.15, 0.2) is 140 Å². The number of nitrogens with one attached hydrogen (secondary N) is 1. The monoisotopic (exact) mass is 869 g/mol. The van der Waals surface area contributed by atoms with Crippen molar-refractivity contribution in [2.45, 2.75) is 37.1 Å². The molecular weight excluding hydrogens is 835 g/mol. The molecule has 6 rings (SSSR count). The fraction of sp³-hybridized carbons (Fsp3) is 0.167. The lowest BCUT2D eigenvalue weighted by Gasteiger charge is -2.11. The lowest BCUT2D eigenvalue weighted by Crippen LogP contribution is -2.25. The molecule has 0 saturated carbocycles. The van der Waals surface area contributed by atoms with Crippen molar-refractivity contribution in [3.8, 4) is 22.6 Å². The highest BCUT2D eigenvalue weighted by Crippen LogP contribution is 2.46. The molecule has 0 radical (unpaired) electrons. The minimum atomic E-state index is -3.01. The van der Waals surface area contributed by atoms with E-state index in [1.54, 1.807) is 69.0 Å². The number of methoxy groups -OCH3 is 2. The summed E-state index contributed by atoms with van der Waals surface area (Å²) in [6.45, 7) is 5.99. The highest BCUT2D eigenvalue weighted by Gasteiger charge is 2.48. The molecule has 288 valence electrons. The molecule has 1 N–H and O–H groups in total. The van der Waals surface area contributed by atoms with E-state index in [1.807, 2.05) is 69.3 Å². The average Bonchev–Trinajstić information content (AvgIpc) is 3.74. The summed E-state index contributed by atoms with van der Waals surface area (Å²) in [7, 11) is 0.156. The van der Waals surface area contributed by atoms with E-state index in [0.29, 0.717) is 69.7 Å². The maximum Gasteiger partial charge on any atom is 0.935 e. The van der Waals surface area contributed by atoms with Gasteiger partial charge in [0.1, 0.15) is 11.5 Å². The Morgan fingerprint density at radius 3 is 2.11 bits per heavy atom. The number of H-pyrrole nitrogens is 1. The van der Waals surface area contributed by atoms with Crippen molar-refractivity contribution in [2.75, 3.05) is 14.2 Å². The second kappa shape index (κ2) is 18.7. The van der Waals surface area contributed by atoms with Crippen LogP contribution in [-0.4, -0.2) is 36.1 Å². The van der Waals surface area contributed by atoms with Crippen molar-refractivity contribution < 1.29 is 27.3 Å². The highest BCUT2D eigenvalue weighted by molar-refractivity contribution is 8.18. The van der Waals surface area contributed by atoms with Gasteiger partial charge in [-0.1, -0.05) is 114 Å². The number of hydrogen-bond donors (Lipinski definition) is 1. The van der Waals surface area contributed by atoms with Gasteiger partial charge in [-0.05, 0) is 96.3 Å². The first-order valence-electron chi connectivity index (χ1n) is 17.4. The summed E-state index contributed by atoms with van der Waals surface area (Å²) in [5.41, 5.74) is 4.20. The first-order valence-corrected chi connectivity index (χ1v) is 20.5. The topological polar surface area (TPSA) is 46.5 Å². The molecule has 0 spiro atoms. The smallest absolute Gasteiger partial charge is 0.497 e. The Balaban J connectivity index is 1.65. The van der Waals surface area contributed by atoms with Gasteiger partial charge in [0.15, 0.2) is 0 Å². The summed E-state index contributed by atoms with van der Waals surface area (Å²) in [6, 6.07) is 21.9. The van der Waals surface area contributed by atoms with E-state index in [9.17, 15) is 0 Å². The molecule has 0 unspecified atom stereocenters. The molecule has 14 heteroatoms. The third kappa shape index (κ3) is 9.33. The molecule has 0 atom stereocenters. The van der Waals surface area contributed by atoms with E-state index in [1.165, 1.54) is 11.8 Å². The SMILES string of the molecule is COc1ccc(C2=C/C(=C(\O/C=C(/C)C(C)C)c3cc(-c4ccc(OC)cc4)c(Sc4c(Cl)cccc4Cl)[nH]3)[N+](B(F)F)=C2SC2=C(Cl)C=CCC=C2Cl)cc1. The maximum atomic E-state index is 15.8. The number of nitrogens with zero attached hydrogens (tertiary/aromatic N) is 1. The molecule has 2 aliphatic rings. The van der Waals surface area contributed by atoms with Crippen LogP contribution in [0.25, 0.3) is 22.5 Å². The molecule has 3 aromatic carbocycles. The number of halogens is 6. The molecule has 2 heterocycles. The molecule has 0 fully saturated rings. The van der Waals surface area contributed by atoms with Gasteiger partial charge in [0.25, 0.3) is 0 Å². The van der Waals surface area contributed by atoms with E-state index < -0.39 is 7.40 Å². The zero-order valence-corrected chi connectivity index (χ0v) is 35.6. The number of aromatic nitrogens is 1. The van der Waals surface area contributed by atoms with Crippen LogP contribution in [0.1, 0.15) is 38.4 Å². The number of benzene rings is 3. The minimum Gasteiger partial charge on any atom is -0.497 e. The Bertz CT molecular complexity index is 2330. The Hall–Kier alpha value is -3.77. The summed E-state index contributed by atoms with van der Waals surface area (Å²) >= 11 is 29.2. The molecular formula is C42H36BCl4F2N2O3S2+. The van der Waals surface area contributed by atoms with Gasteiger partial charge in [0.05, 0.1) is 66.7 Å². The van der Waals surface area contributed by atoms with E-state index in [2.05, 4.69) is 4.98 Å². The van der Waals surface area contributed by atoms with Gasteiger partial charge in [-0.25, -0.2) is 13.1 Å². The number of ether oxygens (including phenoxy) is 3. The highest BCUT2D eigenvalue weighted by atomic mass is 35.5. The van der Waals surface area contributed by atoms with Crippen LogP contribution in [-0.2, 0) is 4.74 Å². The fourth-order valence-corrected chi connectivity index (χ4v) is 9.01. The predicted molar refractivity (Wildman–Crippen MR) is 232 cm³/mol. The third-order valence-corrected chi connectivity index (χ3v) is 13.1.